The van der Waals surface area contributed by atoms with E-state index in [0.717, 1.165) is 31.5 Å². The number of carbonyl (C=O) groups is 2. The van der Waals surface area contributed by atoms with Crippen molar-refractivity contribution in [1.29, 1.82) is 0 Å². The monoisotopic (exact) mass is 517 g/mol. The highest BCUT2D eigenvalue weighted by molar-refractivity contribution is 7.99. The van der Waals surface area contributed by atoms with Gasteiger partial charge in [0.05, 0.1) is 22.8 Å². The summed E-state index contributed by atoms with van der Waals surface area (Å²) in [7, 11) is 3.57. The number of thiophene rings is 1. The third-order valence-electron chi connectivity index (χ3n) is 5.70. The van der Waals surface area contributed by atoms with Crippen LogP contribution in [0, 0.1) is 18.8 Å². The lowest BCUT2D eigenvalue weighted by Gasteiger charge is -2.19. The fourth-order valence-corrected chi connectivity index (χ4v) is 6.32. The first kappa shape index (κ1) is 23.9. The van der Waals surface area contributed by atoms with Gasteiger partial charge in [-0.1, -0.05) is 42.2 Å². The van der Waals surface area contributed by atoms with E-state index in [1.807, 2.05) is 50.5 Å². The maximum atomic E-state index is 13.2. The second-order valence-electron chi connectivity index (χ2n) is 8.37. The van der Waals surface area contributed by atoms with E-state index < -0.39 is 11.9 Å². The predicted molar refractivity (Wildman–Crippen MR) is 139 cm³/mol. The normalized spacial score (nSPS) is 15.1. The summed E-state index contributed by atoms with van der Waals surface area (Å²) in [6.07, 6.45) is 5.66. The molecule has 1 aliphatic heterocycles. The van der Waals surface area contributed by atoms with Gasteiger partial charge in [-0.05, 0) is 18.1 Å². The second-order valence-corrected chi connectivity index (χ2v) is 10.4. The number of likely N-dealkylation sites (N-methyl/N-ethyl adjacent to an activating group) is 1. The average molecular weight is 518 g/mol. The van der Waals surface area contributed by atoms with Crippen LogP contribution in [-0.4, -0.2) is 45.4 Å². The zero-order valence-electron chi connectivity index (χ0n) is 19.9. The first-order valence-electron chi connectivity index (χ1n) is 11.2. The third kappa shape index (κ3) is 4.94. The van der Waals surface area contributed by atoms with Crippen molar-refractivity contribution in [2.45, 2.75) is 24.3 Å². The highest BCUT2D eigenvalue weighted by atomic mass is 32.2. The summed E-state index contributed by atoms with van der Waals surface area (Å²) in [5.74, 6) is 6.57. The van der Waals surface area contributed by atoms with E-state index in [4.69, 9.17) is 4.42 Å². The molecule has 0 unspecified atom stereocenters. The summed E-state index contributed by atoms with van der Waals surface area (Å²) in [4.78, 5) is 33.7. The summed E-state index contributed by atoms with van der Waals surface area (Å²) < 4.78 is 7.36. The Morgan fingerprint density at radius 2 is 2.03 bits per heavy atom. The van der Waals surface area contributed by atoms with Crippen molar-refractivity contribution in [3.05, 3.63) is 82.1 Å². The molecule has 1 atom stereocenters. The molecule has 1 aromatic carbocycles. The van der Waals surface area contributed by atoms with Crippen molar-refractivity contribution in [2.24, 2.45) is 7.05 Å². The van der Waals surface area contributed by atoms with Crippen LogP contribution in [0.25, 0.3) is 0 Å². The minimum atomic E-state index is -0.707. The quantitative estimate of drug-likeness (QED) is 0.416. The number of hydrogen-bond donors (Lipinski definition) is 1. The maximum absolute atomic E-state index is 13.2. The predicted octanol–water partition coefficient (Wildman–Crippen LogP) is 3.64. The van der Waals surface area contributed by atoms with Crippen LogP contribution in [0.3, 0.4) is 0 Å². The van der Waals surface area contributed by atoms with Gasteiger partial charge in [-0.2, -0.15) is 5.10 Å². The molecule has 0 bridgehead atoms. The molecule has 3 aromatic heterocycles. The van der Waals surface area contributed by atoms with Crippen molar-refractivity contribution >= 4 is 39.9 Å². The molecule has 0 spiro atoms. The van der Waals surface area contributed by atoms with Crippen LogP contribution in [0.1, 0.15) is 38.0 Å². The van der Waals surface area contributed by atoms with Gasteiger partial charge in [-0.25, -0.2) is 4.98 Å². The Kier molecular flexibility index (Phi) is 6.67. The molecule has 4 heterocycles. The van der Waals surface area contributed by atoms with Gasteiger partial charge in [0.2, 0.25) is 0 Å². The lowest BCUT2D eigenvalue weighted by molar-refractivity contribution is -0.119. The zero-order chi connectivity index (χ0) is 25.2. The largest absolute Gasteiger partial charge is 0.437 e. The molecule has 36 heavy (non-hydrogen) atoms. The Balaban J connectivity index is 1.28. The molecule has 0 aliphatic carbocycles. The first-order chi connectivity index (χ1) is 17.4. The zero-order valence-corrected chi connectivity index (χ0v) is 21.6. The van der Waals surface area contributed by atoms with Crippen LogP contribution in [-0.2, 0) is 18.3 Å². The lowest BCUT2D eigenvalue weighted by Crippen LogP contribution is -2.48. The van der Waals surface area contributed by atoms with Gasteiger partial charge < -0.3 is 14.6 Å². The molecule has 5 rings (SSSR count). The third-order valence-corrected chi connectivity index (χ3v) is 8.40. The van der Waals surface area contributed by atoms with E-state index in [2.05, 4.69) is 27.2 Å². The van der Waals surface area contributed by atoms with E-state index in [1.54, 1.807) is 40.8 Å². The standard InChI is InChI=1S/C26H23N5O3S2/c1-16-21(10-9-18-12-28-30(2)14-18)36-26-22(16)35-15-20(25(33)31(26)3)29-23(32)24-27-13-19(34-24)11-17-7-5-4-6-8-17/h4-8,12-14,20H,11,15H2,1-3H3,(H,29,32)/t20-/m0/s1. The van der Waals surface area contributed by atoms with Gasteiger partial charge in [0.15, 0.2) is 0 Å². The van der Waals surface area contributed by atoms with Crippen LogP contribution in [0.4, 0.5) is 5.00 Å². The molecule has 0 radical (unpaired) electrons. The number of aryl methyl sites for hydroxylation is 1. The Morgan fingerprint density at radius 1 is 1.22 bits per heavy atom. The summed E-state index contributed by atoms with van der Waals surface area (Å²) in [5, 5.41) is 7.77. The number of rotatable bonds is 4. The van der Waals surface area contributed by atoms with Crippen molar-refractivity contribution in [3.63, 3.8) is 0 Å². The number of carbonyl (C=O) groups excluding carboxylic acids is 2. The van der Waals surface area contributed by atoms with E-state index in [9.17, 15) is 9.59 Å². The molecule has 0 saturated carbocycles. The van der Waals surface area contributed by atoms with Crippen LogP contribution >= 0.6 is 23.1 Å². The molecular formula is C26H23N5O3S2. The summed E-state index contributed by atoms with van der Waals surface area (Å²) in [6, 6.07) is 9.09. The minimum Gasteiger partial charge on any atom is -0.437 e. The Labute approximate surface area is 216 Å². The number of thioether (sulfide) groups is 1. The molecule has 10 heteroatoms. The smallest absolute Gasteiger partial charge is 0.307 e. The summed E-state index contributed by atoms with van der Waals surface area (Å²) in [5.41, 5.74) is 2.92. The Hall–Kier alpha value is -3.81. The summed E-state index contributed by atoms with van der Waals surface area (Å²) >= 11 is 3.02. The topological polar surface area (TPSA) is 93.3 Å². The van der Waals surface area contributed by atoms with Gasteiger partial charge in [-0.3, -0.25) is 14.3 Å². The number of oxazole rings is 1. The van der Waals surface area contributed by atoms with Crippen LogP contribution < -0.4 is 10.2 Å². The van der Waals surface area contributed by atoms with E-state index in [1.165, 1.54) is 11.3 Å². The molecule has 2 amide bonds. The van der Waals surface area contributed by atoms with E-state index >= 15 is 0 Å². The number of fused-ring (bicyclic) bond motifs is 1. The SMILES string of the molecule is Cc1c(C#Cc2cnn(C)c2)sc2c1SC[C@H](NC(=O)c1ncc(Cc3ccccc3)o1)C(=O)N2C. The number of hydrogen-bond acceptors (Lipinski definition) is 7. The maximum Gasteiger partial charge on any atom is 0.307 e. The number of amides is 2. The van der Waals surface area contributed by atoms with Crippen molar-refractivity contribution in [2.75, 3.05) is 17.7 Å². The van der Waals surface area contributed by atoms with E-state index in [-0.39, 0.29) is 11.8 Å². The van der Waals surface area contributed by atoms with Crippen molar-refractivity contribution < 1.29 is 14.0 Å². The van der Waals surface area contributed by atoms with Gasteiger partial charge in [-0.15, -0.1) is 23.1 Å². The number of aromatic nitrogens is 3. The van der Waals surface area contributed by atoms with Gasteiger partial charge >= 0.3 is 5.91 Å². The van der Waals surface area contributed by atoms with Crippen molar-refractivity contribution in [1.82, 2.24) is 20.1 Å². The van der Waals surface area contributed by atoms with Gasteiger partial charge in [0.1, 0.15) is 16.8 Å². The molecule has 8 nitrogen and oxygen atoms in total. The highest BCUT2D eigenvalue weighted by Crippen LogP contribution is 2.43. The fourth-order valence-electron chi connectivity index (χ4n) is 3.79. The average Bonchev–Trinajstić information content (AvgIpc) is 3.57. The van der Waals surface area contributed by atoms with Crippen molar-refractivity contribution in [3.8, 4) is 11.8 Å². The number of nitrogens with one attached hydrogen (secondary N) is 1. The molecule has 1 N–H and O–H groups in total. The van der Waals surface area contributed by atoms with Crippen LogP contribution in [0.5, 0.6) is 0 Å². The first-order valence-corrected chi connectivity index (χ1v) is 13.0. The molecule has 182 valence electrons. The Bertz CT molecular complexity index is 1490. The molecule has 1 aliphatic rings. The second kappa shape index (κ2) is 10.0. The van der Waals surface area contributed by atoms with Crippen LogP contribution in [0.15, 0.2) is 58.2 Å². The highest BCUT2D eigenvalue weighted by Gasteiger charge is 2.33. The minimum absolute atomic E-state index is 0.0513. The number of benzene rings is 1. The molecule has 0 saturated heterocycles. The van der Waals surface area contributed by atoms with Crippen LogP contribution in [0.2, 0.25) is 0 Å². The molecule has 4 aromatic rings. The molecular weight excluding hydrogens is 494 g/mol. The van der Waals surface area contributed by atoms with Gasteiger partial charge in [0, 0.05) is 37.4 Å². The van der Waals surface area contributed by atoms with Gasteiger partial charge in [0.25, 0.3) is 11.8 Å². The number of nitrogens with zero attached hydrogens (tertiary/aromatic N) is 4. The Morgan fingerprint density at radius 3 is 2.78 bits per heavy atom. The number of anilines is 1. The van der Waals surface area contributed by atoms with E-state index in [0.29, 0.717) is 17.9 Å². The fraction of sp³-hybridized carbons (Fsp3) is 0.231. The molecule has 0 fully saturated rings. The summed E-state index contributed by atoms with van der Waals surface area (Å²) in [6.45, 7) is 2.01. The lowest BCUT2D eigenvalue weighted by atomic mass is 10.1.